The van der Waals surface area contributed by atoms with Gasteiger partial charge in [-0.1, -0.05) is 12.8 Å². The third kappa shape index (κ3) is 2.79. The van der Waals surface area contributed by atoms with Gasteiger partial charge >= 0.3 is 0 Å². The van der Waals surface area contributed by atoms with Gasteiger partial charge in [0.25, 0.3) is 11.5 Å². The topological polar surface area (TPSA) is 88.0 Å². The molecule has 5 nitrogen and oxygen atoms in total. The molecule has 0 spiro atoms. The molecule has 5 heteroatoms. The largest absolute Gasteiger partial charge is 0.349 e. The molecule has 1 fully saturated rings. The molecular formula is C13H19N3O2. The summed E-state index contributed by atoms with van der Waals surface area (Å²) in [4.78, 5) is 26.0. The van der Waals surface area contributed by atoms with Crippen molar-refractivity contribution in [1.29, 1.82) is 0 Å². The van der Waals surface area contributed by atoms with Gasteiger partial charge in [-0.2, -0.15) is 0 Å². The van der Waals surface area contributed by atoms with Crippen molar-refractivity contribution in [2.75, 3.05) is 6.54 Å². The Balaban J connectivity index is 2.07. The van der Waals surface area contributed by atoms with Gasteiger partial charge in [-0.05, 0) is 37.4 Å². The highest BCUT2D eigenvalue weighted by atomic mass is 16.2. The van der Waals surface area contributed by atoms with Gasteiger partial charge in [0, 0.05) is 12.2 Å². The van der Waals surface area contributed by atoms with E-state index in [9.17, 15) is 9.59 Å². The lowest BCUT2D eigenvalue weighted by molar-refractivity contribution is 0.0906. The molecule has 0 saturated heterocycles. The van der Waals surface area contributed by atoms with E-state index < -0.39 is 0 Å². The Hall–Kier alpha value is -1.62. The fraction of sp³-hybridized carbons (Fsp3) is 0.538. The second kappa shape index (κ2) is 5.82. The molecule has 0 aliphatic heterocycles. The van der Waals surface area contributed by atoms with Crippen LogP contribution in [0.15, 0.2) is 23.1 Å². The zero-order chi connectivity index (χ0) is 13.0. The number of aromatic nitrogens is 1. The van der Waals surface area contributed by atoms with Crippen molar-refractivity contribution >= 4 is 5.91 Å². The minimum Gasteiger partial charge on any atom is -0.349 e. The van der Waals surface area contributed by atoms with Gasteiger partial charge in [0.15, 0.2) is 0 Å². The number of hydrogen-bond acceptors (Lipinski definition) is 3. The van der Waals surface area contributed by atoms with E-state index in [1.807, 2.05) is 0 Å². The molecule has 1 aromatic heterocycles. The van der Waals surface area contributed by atoms with Gasteiger partial charge < -0.3 is 16.0 Å². The molecule has 98 valence electrons. The quantitative estimate of drug-likeness (QED) is 0.734. The maximum Gasteiger partial charge on any atom is 0.260 e. The highest BCUT2D eigenvalue weighted by Crippen LogP contribution is 2.23. The molecule has 2 atom stereocenters. The summed E-state index contributed by atoms with van der Waals surface area (Å²) in [7, 11) is 0. The molecule has 2 rings (SSSR count). The van der Waals surface area contributed by atoms with E-state index in [1.165, 1.54) is 18.7 Å². The molecular weight excluding hydrogens is 230 g/mol. The Bertz CT molecular complexity index is 469. The van der Waals surface area contributed by atoms with Crippen LogP contribution in [0.1, 0.15) is 36.0 Å². The summed E-state index contributed by atoms with van der Waals surface area (Å²) >= 11 is 0. The van der Waals surface area contributed by atoms with Crippen molar-refractivity contribution in [2.24, 2.45) is 11.7 Å². The molecule has 1 saturated carbocycles. The van der Waals surface area contributed by atoms with Gasteiger partial charge in [0.2, 0.25) is 0 Å². The SMILES string of the molecule is NCC1CCCCC1NC(=O)c1ccc[nH]c1=O. The van der Waals surface area contributed by atoms with Crippen molar-refractivity contribution in [3.63, 3.8) is 0 Å². The lowest BCUT2D eigenvalue weighted by Gasteiger charge is -2.31. The highest BCUT2D eigenvalue weighted by Gasteiger charge is 2.26. The molecule has 2 unspecified atom stereocenters. The molecule has 1 aliphatic rings. The minimum absolute atomic E-state index is 0.0934. The first kappa shape index (κ1) is 12.8. The van der Waals surface area contributed by atoms with E-state index in [2.05, 4.69) is 10.3 Å². The first-order valence-electron chi connectivity index (χ1n) is 6.41. The minimum atomic E-state index is -0.352. The Morgan fingerprint density at radius 3 is 2.94 bits per heavy atom. The summed E-state index contributed by atoms with van der Waals surface area (Å²) in [6.07, 6.45) is 5.78. The third-order valence-electron chi connectivity index (χ3n) is 3.59. The van der Waals surface area contributed by atoms with Gasteiger partial charge in [-0.25, -0.2) is 0 Å². The molecule has 0 bridgehead atoms. The van der Waals surface area contributed by atoms with Crippen LogP contribution in [-0.4, -0.2) is 23.5 Å². The Morgan fingerprint density at radius 1 is 1.44 bits per heavy atom. The second-order valence-corrected chi connectivity index (χ2v) is 4.77. The van der Waals surface area contributed by atoms with E-state index in [1.54, 1.807) is 6.07 Å². The molecule has 1 heterocycles. The first-order valence-corrected chi connectivity index (χ1v) is 6.41. The smallest absolute Gasteiger partial charge is 0.260 e. The number of carbonyl (C=O) groups is 1. The zero-order valence-corrected chi connectivity index (χ0v) is 10.3. The van der Waals surface area contributed by atoms with Crippen molar-refractivity contribution in [3.8, 4) is 0 Å². The predicted molar refractivity (Wildman–Crippen MR) is 69.3 cm³/mol. The van der Waals surface area contributed by atoms with Crippen LogP contribution in [0, 0.1) is 5.92 Å². The molecule has 1 amide bonds. The first-order chi connectivity index (χ1) is 8.72. The van der Waals surface area contributed by atoms with Crippen LogP contribution < -0.4 is 16.6 Å². The Kier molecular flexibility index (Phi) is 4.15. The fourth-order valence-corrected chi connectivity index (χ4v) is 2.53. The number of pyridine rings is 1. The normalized spacial score (nSPS) is 23.6. The number of rotatable bonds is 3. The summed E-state index contributed by atoms with van der Waals surface area (Å²) < 4.78 is 0. The van der Waals surface area contributed by atoms with E-state index in [0.29, 0.717) is 12.5 Å². The Morgan fingerprint density at radius 2 is 2.22 bits per heavy atom. The van der Waals surface area contributed by atoms with Gasteiger partial charge in [-0.3, -0.25) is 9.59 Å². The molecule has 1 aliphatic carbocycles. The van der Waals surface area contributed by atoms with E-state index in [0.717, 1.165) is 19.3 Å². The standard InChI is InChI=1S/C13H19N3O2/c14-8-9-4-1-2-6-11(9)16-13(18)10-5-3-7-15-12(10)17/h3,5,7,9,11H,1-2,4,6,8,14H2,(H,15,17)(H,16,18). The summed E-state index contributed by atoms with van der Waals surface area (Å²) in [5, 5.41) is 2.94. The summed E-state index contributed by atoms with van der Waals surface area (Å²) in [6, 6.07) is 3.28. The molecule has 4 N–H and O–H groups in total. The predicted octanol–water partition coefficient (Wildman–Crippen LogP) is 0.622. The summed E-state index contributed by atoms with van der Waals surface area (Å²) in [5.41, 5.74) is 5.53. The van der Waals surface area contributed by atoms with Crippen molar-refractivity contribution in [1.82, 2.24) is 10.3 Å². The van der Waals surface area contributed by atoms with Crippen LogP contribution in [0.25, 0.3) is 0 Å². The van der Waals surface area contributed by atoms with Crippen LogP contribution in [0.5, 0.6) is 0 Å². The van der Waals surface area contributed by atoms with Gasteiger partial charge in [0.1, 0.15) is 5.56 Å². The molecule has 0 aromatic carbocycles. The monoisotopic (exact) mass is 249 g/mol. The molecule has 18 heavy (non-hydrogen) atoms. The van der Waals surface area contributed by atoms with E-state index in [-0.39, 0.29) is 23.1 Å². The average molecular weight is 249 g/mol. The summed E-state index contributed by atoms with van der Waals surface area (Å²) in [6.45, 7) is 0.579. The van der Waals surface area contributed by atoms with Crippen molar-refractivity contribution in [3.05, 3.63) is 34.2 Å². The van der Waals surface area contributed by atoms with E-state index in [4.69, 9.17) is 5.73 Å². The second-order valence-electron chi connectivity index (χ2n) is 4.77. The average Bonchev–Trinajstić information content (AvgIpc) is 2.39. The number of aromatic amines is 1. The lowest BCUT2D eigenvalue weighted by Crippen LogP contribution is -2.45. The maximum absolute atomic E-state index is 12.0. The van der Waals surface area contributed by atoms with Crippen LogP contribution in [0.2, 0.25) is 0 Å². The zero-order valence-electron chi connectivity index (χ0n) is 10.3. The number of H-pyrrole nitrogens is 1. The Labute approximate surface area is 106 Å². The van der Waals surface area contributed by atoms with Gasteiger partial charge in [-0.15, -0.1) is 0 Å². The van der Waals surface area contributed by atoms with Crippen LogP contribution in [-0.2, 0) is 0 Å². The van der Waals surface area contributed by atoms with Crippen molar-refractivity contribution < 1.29 is 4.79 Å². The summed E-state index contributed by atoms with van der Waals surface area (Å²) in [5.74, 6) is 0.0210. The van der Waals surface area contributed by atoms with Crippen LogP contribution in [0.3, 0.4) is 0 Å². The molecule has 0 radical (unpaired) electrons. The number of nitrogens with one attached hydrogen (secondary N) is 2. The number of nitrogens with two attached hydrogens (primary N) is 1. The van der Waals surface area contributed by atoms with E-state index >= 15 is 0 Å². The van der Waals surface area contributed by atoms with Gasteiger partial charge in [0.05, 0.1) is 0 Å². The lowest BCUT2D eigenvalue weighted by atomic mass is 9.84. The maximum atomic E-state index is 12.0. The number of amides is 1. The highest BCUT2D eigenvalue weighted by molar-refractivity contribution is 5.93. The number of carbonyl (C=O) groups excluding carboxylic acids is 1. The van der Waals surface area contributed by atoms with Crippen LogP contribution in [0.4, 0.5) is 0 Å². The fourth-order valence-electron chi connectivity index (χ4n) is 2.53. The number of hydrogen-bond donors (Lipinski definition) is 3. The van der Waals surface area contributed by atoms with Crippen molar-refractivity contribution in [2.45, 2.75) is 31.7 Å². The molecule has 1 aromatic rings. The third-order valence-corrected chi connectivity index (χ3v) is 3.59. The van der Waals surface area contributed by atoms with Crippen LogP contribution >= 0.6 is 0 Å².